The summed E-state index contributed by atoms with van der Waals surface area (Å²) in [4.78, 5) is 2.49. The summed E-state index contributed by atoms with van der Waals surface area (Å²) in [5.41, 5.74) is 4.24. The van der Waals surface area contributed by atoms with Gasteiger partial charge in [-0.3, -0.25) is 4.90 Å². The van der Waals surface area contributed by atoms with E-state index < -0.39 is 0 Å². The normalized spacial score (nSPS) is 17.1. The van der Waals surface area contributed by atoms with Crippen molar-refractivity contribution in [2.75, 3.05) is 13.1 Å². The maximum absolute atomic E-state index is 2.49. The van der Waals surface area contributed by atoms with Crippen LogP contribution in [0, 0.1) is 13.8 Å². The lowest BCUT2D eigenvalue weighted by Gasteiger charge is -2.30. The molecule has 1 saturated heterocycles. The third-order valence-electron chi connectivity index (χ3n) is 2.64. The van der Waals surface area contributed by atoms with Gasteiger partial charge in [0, 0.05) is 6.54 Å². The van der Waals surface area contributed by atoms with Crippen LogP contribution < -0.4 is 0 Å². The Bertz CT molecular complexity index is 280. The van der Waals surface area contributed by atoms with Crippen LogP contribution in [0.25, 0.3) is 0 Å². The zero-order valence-electron chi connectivity index (χ0n) is 8.51. The van der Waals surface area contributed by atoms with E-state index in [0.717, 1.165) is 6.54 Å². The molecule has 13 heavy (non-hydrogen) atoms. The summed E-state index contributed by atoms with van der Waals surface area (Å²) in [6.07, 6.45) is 1.38. The van der Waals surface area contributed by atoms with Crippen molar-refractivity contribution in [2.24, 2.45) is 0 Å². The van der Waals surface area contributed by atoms with Gasteiger partial charge in [-0.05, 0) is 38.9 Å². The van der Waals surface area contributed by atoms with Crippen LogP contribution in [-0.4, -0.2) is 18.0 Å². The van der Waals surface area contributed by atoms with E-state index in [1.54, 1.807) is 0 Å². The van der Waals surface area contributed by atoms with E-state index in [2.05, 4.69) is 36.9 Å². The van der Waals surface area contributed by atoms with Crippen molar-refractivity contribution in [3.05, 3.63) is 34.9 Å². The molecule has 1 nitrogen and oxygen atoms in total. The van der Waals surface area contributed by atoms with Crippen LogP contribution in [0.4, 0.5) is 0 Å². The van der Waals surface area contributed by atoms with Gasteiger partial charge in [0.05, 0.1) is 0 Å². The first-order valence-corrected chi connectivity index (χ1v) is 5.03. The summed E-state index contributed by atoms with van der Waals surface area (Å²) in [6.45, 7) is 8.06. The molecule has 0 unspecified atom stereocenters. The lowest BCUT2D eigenvalue weighted by atomic mass is 10.1. The van der Waals surface area contributed by atoms with Crippen LogP contribution in [0.15, 0.2) is 18.2 Å². The summed E-state index contributed by atoms with van der Waals surface area (Å²) in [6, 6.07) is 6.83. The molecule has 0 bridgehead atoms. The largest absolute Gasteiger partial charge is 0.299 e. The molecule has 0 N–H and O–H groups in total. The molecular weight excluding hydrogens is 158 g/mol. The second-order valence-corrected chi connectivity index (χ2v) is 4.13. The minimum atomic E-state index is 1.14. The lowest BCUT2D eigenvalue weighted by Crippen LogP contribution is -2.36. The summed E-state index contributed by atoms with van der Waals surface area (Å²) in [7, 11) is 0. The standard InChI is InChI=1S/C12H17N/c1-10-6-11(2)8-12(7-10)9-13-4-3-5-13/h6-8H,3-5,9H2,1-2H3. The Balaban J connectivity index is 2.10. The van der Waals surface area contributed by atoms with E-state index in [9.17, 15) is 0 Å². The van der Waals surface area contributed by atoms with Gasteiger partial charge in [0.25, 0.3) is 0 Å². The van der Waals surface area contributed by atoms with Gasteiger partial charge in [0.2, 0.25) is 0 Å². The molecule has 0 atom stereocenters. The van der Waals surface area contributed by atoms with Crippen molar-refractivity contribution in [2.45, 2.75) is 26.8 Å². The van der Waals surface area contributed by atoms with E-state index in [1.807, 2.05) is 0 Å². The van der Waals surface area contributed by atoms with Crippen LogP contribution in [0.3, 0.4) is 0 Å². The Hall–Kier alpha value is -0.820. The van der Waals surface area contributed by atoms with Crippen molar-refractivity contribution < 1.29 is 0 Å². The molecule has 1 heteroatoms. The van der Waals surface area contributed by atoms with Gasteiger partial charge in [0.1, 0.15) is 0 Å². The molecule has 1 fully saturated rings. The average Bonchev–Trinajstić information content (AvgIpc) is 1.95. The summed E-state index contributed by atoms with van der Waals surface area (Å²) < 4.78 is 0. The maximum Gasteiger partial charge on any atom is 0.0233 e. The van der Waals surface area contributed by atoms with Crippen LogP contribution in [0.1, 0.15) is 23.1 Å². The van der Waals surface area contributed by atoms with Gasteiger partial charge >= 0.3 is 0 Å². The quantitative estimate of drug-likeness (QED) is 0.667. The van der Waals surface area contributed by atoms with Crippen LogP contribution in [0.2, 0.25) is 0 Å². The number of hydrogen-bond donors (Lipinski definition) is 0. The van der Waals surface area contributed by atoms with Crippen molar-refractivity contribution in [3.8, 4) is 0 Å². The summed E-state index contributed by atoms with van der Waals surface area (Å²) in [5, 5.41) is 0. The highest BCUT2D eigenvalue weighted by molar-refractivity contribution is 5.28. The Kier molecular flexibility index (Phi) is 2.36. The number of rotatable bonds is 2. The van der Waals surface area contributed by atoms with Gasteiger partial charge in [-0.15, -0.1) is 0 Å². The molecule has 0 aliphatic carbocycles. The number of hydrogen-bond acceptors (Lipinski definition) is 1. The minimum absolute atomic E-state index is 1.14. The predicted octanol–water partition coefficient (Wildman–Crippen LogP) is 2.51. The van der Waals surface area contributed by atoms with Gasteiger partial charge < -0.3 is 0 Å². The van der Waals surface area contributed by atoms with E-state index in [1.165, 1.54) is 36.2 Å². The zero-order chi connectivity index (χ0) is 9.26. The van der Waals surface area contributed by atoms with Crippen molar-refractivity contribution in [1.82, 2.24) is 4.90 Å². The SMILES string of the molecule is Cc1cc(C)cc(CN2CCC2)c1. The fourth-order valence-electron chi connectivity index (χ4n) is 1.96. The third-order valence-corrected chi connectivity index (χ3v) is 2.64. The number of aryl methyl sites for hydroxylation is 2. The van der Waals surface area contributed by atoms with Crippen molar-refractivity contribution >= 4 is 0 Å². The summed E-state index contributed by atoms with van der Waals surface area (Å²) >= 11 is 0. The summed E-state index contributed by atoms with van der Waals surface area (Å²) in [5.74, 6) is 0. The topological polar surface area (TPSA) is 3.24 Å². The molecule has 1 aliphatic rings. The van der Waals surface area contributed by atoms with Crippen molar-refractivity contribution in [1.29, 1.82) is 0 Å². The molecule has 0 saturated carbocycles. The predicted molar refractivity (Wildman–Crippen MR) is 55.8 cm³/mol. The van der Waals surface area contributed by atoms with E-state index in [-0.39, 0.29) is 0 Å². The van der Waals surface area contributed by atoms with E-state index in [0.29, 0.717) is 0 Å². The number of benzene rings is 1. The smallest absolute Gasteiger partial charge is 0.0233 e. The molecule has 70 valence electrons. The van der Waals surface area contributed by atoms with Crippen molar-refractivity contribution in [3.63, 3.8) is 0 Å². The minimum Gasteiger partial charge on any atom is -0.299 e. The zero-order valence-corrected chi connectivity index (χ0v) is 8.51. The fraction of sp³-hybridized carbons (Fsp3) is 0.500. The Morgan fingerprint density at radius 2 is 1.69 bits per heavy atom. The Morgan fingerprint density at radius 3 is 2.15 bits per heavy atom. The highest BCUT2D eigenvalue weighted by atomic mass is 15.2. The number of likely N-dealkylation sites (tertiary alicyclic amines) is 1. The molecule has 1 heterocycles. The van der Waals surface area contributed by atoms with Crippen LogP contribution in [-0.2, 0) is 6.54 Å². The molecule has 0 amide bonds. The van der Waals surface area contributed by atoms with Crippen LogP contribution in [0.5, 0.6) is 0 Å². The highest BCUT2D eigenvalue weighted by Gasteiger charge is 2.13. The molecule has 0 spiro atoms. The average molecular weight is 175 g/mol. The first kappa shape index (κ1) is 8.76. The first-order chi connectivity index (χ1) is 6.24. The van der Waals surface area contributed by atoms with Gasteiger partial charge in [-0.2, -0.15) is 0 Å². The van der Waals surface area contributed by atoms with Gasteiger partial charge in [-0.25, -0.2) is 0 Å². The molecule has 1 aromatic carbocycles. The first-order valence-electron chi connectivity index (χ1n) is 5.03. The van der Waals surface area contributed by atoms with Gasteiger partial charge in [-0.1, -0.05) is 29.3 Å². The fourth-order valence-corrected chi connectivity index (χ4v) is 1.96. The third kappa shape index (κ3) is 2.10. The second-order valence-electron chi connectivity index (χ2n) is 4.13. The van der Waals surface area contributed by atoms with Crippen LogP contribution >= 0.6 is 0 Å². The molecule has 1 aliphatic heterocycles. The van der Waals surface area contributed by atoms with Gasteiger partial charge in [0.15, 0.2) is 0 Å². The molecule has 1 aromatic rings. The molecule has 0 radical (unpaired) electrons. The monoisotopic (exact) mass is 175 g/mol. The lowest BCUT2D eigenvalue weighted by molar-refractivity contribution is 0.172. The Labute approximate surface area is 80.4 Å². The highest BCUT2D eigenvalue weighted by Crippen LogP contribution is 2.15. The molecular formula is C12H17N. The number of nitrogens with zero attached hydrogens (tertiary/aromatic N) is 1. The van der Waals surface area contributed by atoms with E-state index >= 15 is 0 Å². The Morgan fingerprint density at radius 1 is 1.08 bits per heavy atom. The molecule has 2 rings (SSSR count). The second kappa shape index (κ2) is 3.51. The molecule has 0 aromatic heterocycles. The maximum atomic E-state index is 2.49. The van der Waals surface area contributed by atoms with E-state index in [4.69, 9.17) is 0 Å².